The van der Waals surface area contributed by atoms with Crippen molar-refractivity contribution in [2.45, 2.75) is 6.04 Å². The second-order valence-corrected chi connectivity index (χ2v) is 5.67. The fraction of sp³-hybridized carbons (Fsp3) is 0.0476. The highest BCUT2D eigenvalue weighted by atomic mass is 15.0. The largest absolute Gasteiger partial charge is 0.304 e. The normalized spacial score (nSPS) is 16.7. The highest BCUT2D eigenvalue weighted by Gasteiger charge is 2.26. The Morgan fingerprint density at radius 3 is 1.86 bits per heavy atom. The van der Waals surface area contributed by atoms with Crippen LogP contribution in [0.1, 0.15) is 17.2 Å². The SMILES string of the molecule is C1=C(c2ccccc2)[NH2+]C1c1cccc(-c2ccccc2)c1. The van der Waals surface area contributed by atoms with Crippen molar-refractivity contribution < 1.29 is 5.32 Å². The van der Waals surface area contributed by atoms with Crippen LogP contribution < -0.4 is 5.32 Å². The molecule has 1 unspecified atom stereocenters. The van der Waals surface area contributed by atoms with Gasteiger partial charge in [0.05, 0.1) is 0 Å². The summed E-state index contributed by atoms with van der Waals surface area (Å²) in [5.41, 5.74) is 6.57. The van der Waals surface area contributed by atoms with Crippen LogP contribution in [0.4, 0.5) is 0 Å². The van der Waals surface area contributed by atoms with Crippen LogP contribution in [0.2, 0.25) is 0 Å². The Morgan fingerprint density at radius 1 is 0.591 bits per heavy atom. The first-order valence-corrected chi connectivity index (χ1v) is 7.68. The molecule has 1 atom stereocenters. The lowest BCUT2D eigenvalue weighted by Crippen LogP contribution is -2.87. The van der Waals surface area contributed by atoms with Crippen LogP contribution >= 0.6 is 0 Å². The second kappa shape index (κ2) is 5.63. The van der Waals surface area contributed by atoms with Crippen molar-refractivity contribution in [1.29, 1.82) is 0 Å². The molecule has 22 heavy (non-hydrogen) atoms. The molecule has 0 aromatic heterocycles. The van der Waals surface area contributed by atoms with Gasteiger partial charge in [0.15, 0.2) is 0 Å². The van der Waals surface area contributed by atoms with Crippen molar-refractivity contribution in [2.75, 3.05) is 0 Å². The molecule has 0 aliphatic carbocycles. The number of hydrogen-bond donors (Lipinski definition) is 1. The summed E-state index contributed by atoms with van der Waals surface area (Å²) in [5, 5.41) is 2.35. The Morgan fingerprint density at radius 2 is 1.18 bits per heavy atom. The Labute approximate surface area is 130 Å². The molecule has 1 aliphatic rings. The monoisotopic (exact) mass is 284 g/mol. The van der Waals surface area contributed by atoms with Gasteiger partial charge in [-0.1, -0.05) is 66.7 Å². The number of hydrogen-bond acceptors (Lipinski definition) is 0. The fourth-order valence-corrected chi connectivity index (χ4v) is 2.94. The van der Waals surface area contributed by atoms with Gasteiger partial charge in [0, 0.05) is 17.2 Å². The molecule has 3 aromatic rings. The minimum atomic E-state index is 0.430. The molecule has 106 valence electrons. The van der Waals surface area contributed by atoms with Gasteiger partial charge in [0.1, 0.15) is 11.7 Å². The molecule has 1 heterocycles. The first-order chi connectivity index (χ1) is 10.9. The Hall–Kier alpha value is -2.64. The summed E-state index contributed by atoms with van der Waals surface area (Å²) in [6, 6.07) is 30.4. The van der Waals surface area contributed by atoms with E-state index in [1.54, 1.807) is 0 Å². The lowest BCUT2D eigenvalue weighted by Gasteiger charge is -2.23. The van der Waals surface area contributed by atoms with Crippen molar-refractivity contribution in [3.63, 3.8) is 0 Å². The Kier molecular flexibility index (Phi) is 3.34. The van der Waals surface area contributed by atoms with E-state index in [0.717, 1.165) is 0 Å². The molecule has 2 N–H and O–H groups in total. The van der Waals surface area contributed by atoms with Crippen LogP contribution in [0.3, 0.4) is 0 Å². The molecule has 0 saturated heterocycles. The molecule has 1 heteroatoms. The Balaban J connectivity index is 1.59. The summed E-state index contributed by atoms with van der Waals surface area (Å²) >= 11 is 0. The average molecular weight is 284 g/mol. The third-order valence-corrected chi connectivity index (χ3v) is 4.20. The molecule has 0 bridgehead atoms. The van der Waals surface area contributed by atoms with E-state index in [4.69, 9.17) is 0 Å². The summed E-state index contributed by atoms with van der Waals surface area (Å²) in [4.78, 5) is 0. The fourth-order valence-electron chi connectivity index (χ4n) is 2.94. The van der Waals surface area contributed by atoms with E-state index in [2.05, 4.69) is 96.3 Å². The predicted octanol–water partition coefficient (Wildman–Crippen LogP) is 4.01. The lowest BCUT2D eigenvalue weighted by molar-refractivity contribution is -0.620. The van der Waals surface area contributed by atoms with Crippen LogP contribution in [-0.4, -0.2) is 0 Å². The maximum Gasteiger partial charge on any atom is 0.141 e. The molecule has 0 amide bonds. The van der Waals surface area contributed by atoms with E-state index < -0.39 is 0 Å². The van der Waals surface area contributed by atoms with Crippen molar-refractivity contribution in [3.05, 3.63) is 102 Å². The molecule has 3 aromatic carbocycles. The third kappa shape index (κ3) is 2.47. The molecule has 0 saturated carbocycles. The molecule has 0 spiro atoms. The summed E-state index contributed by atoms with van der Waals surface area (Å²) in [6.07, 6.45) is 2.35. The quantitative estimate of drug-likeness (QED) is 0.748. The van der Waals surface area contributed by atoms with Gasteiger partial charge in [-0.2, -0.15) is 0 Å². The van der Waals surface area contributed by atoms with E-state index in [1.807, 2.05) is 0 Å². The maximum atomic E-state index is 2.35. The number of benzene rings is 3. The lowest BCUT2D eigenvalue weighted by atomic mass is 9.94. The zero-order chi connectivity index (χ0) is 14.8. The summed E-state index contributed by atoms with van der Waals surface area (Å²) in [5.74, 6) is 0. The van der Waals surface area contributed by atoms with Gasteiger partial charge >= 0.3 is 0 Å². The second-order valence-electron chi connectivity index (χ2n) is 5.67. The van der Waals surface area contributed by atoms with Crippen molar-refractivity contribution in [3.8, 4) is 11.1 Å². The standard InChI is InChI=1S/C21H17N/c1-3-8-16(9-4-1)18-12-7-13-19(14-18)21-15-20(22-21)17-10-5-2-6-11-17/h1-15,21-22H/p+1. The van der Waals surface area contributed by atoms with Gasteiger partial charge in [-0.25, -0.2) is 0 Å². The van der Waals surface area contributed by atoms with Gasteiger partial charge in [-0.05, 0) is 29.3 Å². The van der Waals surface area contributed by atoms with Gasteiger partial charge in [0.2, 0.25) is 0 Å². The highest BCUT2D eigenvalue weighted by Crippen LogP contribution is 2.26. The first-order valence-electron chi connectivity index (χ1n) is 7.68. The van der Waals surface area contributed by atoms with E-state index in [1.165, 1.54) is 28.0 Å². The predicted molar refractivity (Wildman–Crippen MR) is 91.0 cm³/mol. The number of rotatable bonds is 3. The van der Waals surface area contributed by atoms with Gasteiger partial charge in [-0.3, -0.25) is 0 Å². The minimum absolute atomic E-state index is 0.430. The van der Waals surface area contributed by atoms with E-state index >= 15 is 0 Å². The highest BCUT2D eigenvalue weighted by molar-refractivity contribution is 5.66. The van der Waals surface area contributed by atoms with Crippen molar-refractivity contribution in [2.24, 2.45) is 0 Å². The Bertz CT molecular complexity index is 804. The smallest absolute Gasteiger partial charge is 0.141 e. The molecule has 0 fully saturated rings. The molecule has 1 aliphatic heterocycles. The zero-order valence-corrected chi connectivity index (χ0v) is 12.3. The minimum Gasteiger partial charge on any atom is -0.304 e. The topological polar surface area (TPSA) is 16.6 Å². The first kappa shape index (κ1) is 13.1. The third-order valence-electron chi connectivity index (χ3n) is 4.20. The number of nitrogens with two attached hydrogens (primary N) is 1. The summed E-state index contributed by atoms with van der Waals surface area (Å²) in [7, 11) is 0. The molecular formula is C21H18N+. The van der Waals surface area contributed by atoms with Crippen LogP contribution in [0.15, 0.2) is 91.0 Å². The van der Waals surface area contributed by atoms with Crippen LogP contribution in [0, 0.1) is 0 Å². The maximum absolute atomic E-state index is 2.35. The molecule has 4 rings (SSSR count). The number of quaternary nitrogens is 1. The summed E-state index contributed by atoms with van der Waals surface area (Å²) in [6.45, 7) is 0. The van der Waals surface area contributed by atoms with E-state index in [9.17, 15) is 0 Å². The van der Waals surface area contributed by atoms with Crippen molar-refractivity contribution >= 4 is 5.70 Å². The van der Waals surface area contributed by atoms with Gasteiger partial charge < -0.3 is 5.32 Å². The van der Waals surface area contributed by atoms with Gasteiger partial charge in [-0.15, -0.1) is 0 Å². The van der Waals surface area contributed by atoms with Gasteiger partial charge in [0.25, 0.3) is 0 Å². The average Bonchev–Trinajstić information content (AvgIpc) is 2.56. The molecular weight excluding hydrogens is 266 g/mol. The van der Waals surface area contributed by atoms with Crippen LogP contribution in [-0.2, 0) is 0 Å². The molecule has 1 nitrogen and oxygen atoms in total. The van der Waals surface area contributed by atoms with Crippen LogP contribution in [0.25, 0.3) is 16.8 Å². The molecule has 0 radical (unpaired) electrons. The summed E-state index contributed by atoms with van der Waals surface area (Å²) < 4.78 is 0. The van der Waals surface area contributed by atoms with Crippen LogP contribution in [0.5, 0.6) is 0 Å². The zero-order valence-electron chi connectivity index (χ0n) is 12.3. The van der Waals surface area contributed by atoms with Crippen molar-refractivity contribution in [1.82, 2.24) is 0 Å². The van der Waals surface area contributed by atoms with E-state index in [0.29, 0.717) is 6.04 Å². The van der Waals surface area contributed by atoms with E-state index in [-0.39, 0.29) is 0 Å².